The molecular formula is C15H25NO4. The SMILES string of the molecule is Cc1oc(C)c(C(=O)NCC(O)COCC(C)C)c1C. The van der Waals surface area contributed by atoms with Crippen LogP contribution < -0.4 is 5.32 Å². The van der Waals surface area contributed by atoms with Crippen LogP contribution in [0, 0.1) is 26.7 Å². The van der Waals surface area contributed by atoms with Crippen LogP contribution in [-0.2, 0) is 4.74 Å². The van der Waals surface area contributed by atoms with Crippen molar-refractivity contribution in [3.8, 4) is 0 Å². The minimum atomic E-state index is -0.702. The molecule has 0 aliphatic rings. The fourth-order valence-electron chi connectivity index (χ4n) is 1.93. The number of aliphatic hydroxyl groups is 1. The number of hydrogen-bond acceptors (Lipinski definition) is 4. The second-order valence-electron chi connectivity index (χ2n) is 5.51. The third-order valence-corrected chi connectivity index (χ3v) is 3.05. The largest absolute Gasteiger partial charge is 0.466 e. The predicted molar refractivity (Wildman–Crippen MR) is 76.9 cm³/mol. The number of aliphatic hydroxyl groups excluding tert-OH is 1. The molecule has 1 unspecified atom stereocenters. The fraction of sp³-hybridized carbons (Fsp3) is 0.667. The summed E-state index contributed by atoms with van der Waals surface area (Å²) in [5.41, 5.74) is 1.39. The molecule has 0 spiro atoms. The highest BCUT2D eigenvalue weighted by Crippen LogP contribution is 2.20. The molecule has 114 valence electrons. The Morgan fingerprint density at radius 2 is 1.90 bits per heavy atom. The summed E-state index contributed by atoms with van der Waals surface area (Å²) in [6, 6.07) is 0. The highest BCUT2D eigenvalue weighted by atomic mass is 16.5. The average molecular weight is 283 g/mol. The predicted octanol–water partition coefficient (Wildman–Crippen LogP) is 1.97. The maximum Gasteiger partial charge on any atom is 0.255 e. The van der Waals surface area contributed by atoms with Crippen LogP contribution in [0.4, 0.5) is 0 Å². The van der Waals surface area contributed by atoms with Gasteiger partial charge < -0.3 is 19.6 Å². The number of furan rings is 1. The first-order chi connectivity index (χ1) is 9.32. The second-order valence-corrected chi connectivity index (χ2v) is 5.51. The Morgan fingerprint density at radius 1 is 1.25 bits per heavy atom. The third kappa shape index (κ3) is 4.65. The number of carbonyl (C=O) groups is 1. The molecule has 5 heteroatoms. The van der Waals surface area contributed by atoms with E-state index in [2.05, 4.69) is 5.32 Å². The summed E-state index contributed by atoms with van der Waals surface area (Å²) in [5.74, 6) is 1.55. The summed E-state index contributed by atoms with van der Waals surface area (Å²) in [4.78, 5) is 12.1. The van der Waals surface area contributed by atoms with Crippen molar-refractivity contribution in [2.24, 2.45) is 5.92 Å². The van der Waals surface area contributed by atoms with Crippen molar-refractivity contribution < 1.29 is 19.1 Å². The van der Waals surface area contributed by atoms with E-state index in [9.17, 15) is 9.90 Å². The zero-order chi connectivity index (χ0) is 15.3. The van der Waals surface area contributed by atoms with Crippen molar-refractivity contribution in [3.05, 3.63) is 22.6 Å². The average Bonchev–Trinajstić information content (AvgIpc) is 2.60. The number of nitrogens with one attached hydrogen (secondary N) is 1. The quantitative estimate of drug-likeness (QED) is 0.802. The van der Waals surface area contributed by atoms with Gasteiger partial charge in [-0.1, -0.05) is 13.8 Å². The molecule has 0 saturated carbocycles. The lowest BCUT2D eigenvalue weighted by Crippen LogP contribution is -2.35. The van der Waals surface area contributed by atoms with Crippen LogP contribution >= 0.6 is 0 Å². The number of rotatable bonds is 7. The molecule has 1 aromatic heterocycles. The zero-order valence-electron chi connectivity index (χ0n) is 12.9. The standard InChI is InChI=1S/C15H25NO4/c1-9(2)7-19-8-13(17)6-16-15(18)14-10(3)11(4)20-12(14)5/h9,13,17H,6-8H2,1-5H3,(H,16,18). The van der Waals surface area contributed by atoms with E-state index in [1.807, 2.05) is 27.7 Å². The Kier molecular flexibility index (Phi) is 6.23. The highest BCUT2D eigenvalue weighted by molar-refractivity contribution is 5.96. The fourth-order valence-corrected chi connectivity index (χ4v) is 1.93. The molecule has 0 aliphatic carbocycles. The van der Waals surface area contributed by atoms with Crippen molar-refractivity contribution >= 4 is 5.91 Å². The van der Waals surface area contributed by atoms with Gasteiger partial charge in [0, 0.05) is 18.7 Å². The number of hydrogen-bond donors (Lipinski definition) is 2. The van der Waals surface area contributed by atoms with Crippen molar-refractivity contribution in [1.29, 1.82) is 0 Å². The van der Waals surface area contributed by atoms with Gasteiger partial charge in [0.05, 0.1) is 18.3 Å². The lowest BCUT2D eigenvalue weighted by molar-refractivity contribution is 0.0259. The van der Waals surface area contributed by atoms with Gasteiger partial charge in [0.1, 0.15) is 11.5 Å². The molecule has 1 aromatic rings. The summed E-state index contributed by atoms with van der Waals surface area (Å²) in [5, 5.41) is 12.4. The molecule has 0 aliphatic heterocycles. The molecule has 0 fully saturated rings. The van der Waals surface area contributed by atoms with Crippen LogP contribution in [0.2, 0.25) is 0 Å². The molecule has 1 atom stereocenters. The summed E-state index contributed by atoms with van der Waals surface area (Å²) in [6.07, 6.45) is -0.702. The van der Waals surface area contributed by atoms with Gasteiger partial charge in [-0.25, -0.2) is 0 Å². The van der Waals surface area contributed by atoms with E-state index in [1.165, 1.54) is 0 Å². The van der Waals surface area contributed by atoms with Crippen LogP contribution in [0.15, 0.2) is 4.42 Å². The first-order valence-corrected chi connectivity index (χ1v) is 6.93. The number of aryl methyl sites for hydroxylation is 2. The Hall–Kier alpha value is -1.33. The van der Waals surface area contributed by atoms with Crippen LogP contribution in [0.3, 0.4) is 0 Å². The maximum atomic E-state index is 12.1. The van der Waals surface area contributed by atoms with E-state index >= 15 is 0 Å². The summed E-state index contributed by atoms with van der Waals surface area (Å²) >= 11 is 0. The molecular weight excluding hydrogens is 258 g/mol. The molecule has 0 saturated heterocycles. The maximum absolute atomic E-state index is 12.1. The monoisotopic (exact) mass is 283 g/mol. The minimum absolute atomic E-state index is 0.167. The molecule has 0 radical (unpaired) electrons. The molecule has 20 heavy (non-hydrogen) atoms. The van der Waals surface area contributed by atoms with Crippen LogP contribution in [-0.4, -0.2) is 36.9 Å². The first kappa shape index (κ1) is 16.7. The van der Waals surface area contributed by atoms with Crippen LogP contribution in [0.25, 0.3) is 0 Å². The first-order valence-electron chi connectivity index (χ1n) is 6.93. The normalized spacial score (nSPS) is 12.8. The lowest BCUT2D eigenvalue weighted by atomic mass is 10.1. The van der Waals surface area contributed by atoms with Gasteiger partial charge in [0.15, 0.2) is 0 Å². The van der Waals surface area contributed by atoms with Gasteiger partial charge >= 0.3 is 0 Å². The van der Waals surface area contributed by atoms with Crippen molar-refractivity contribution in [2.45, 2.75) is 40.7 Å². The van der Waals surface area contributed by atoms with E-state index in [4.69, 9.17) is 9.15 Å². The van der Waals surface area contributed by atoms with Gasteiger partial charge in [-0.05, 0) is 26.7 Å². The third-order valence-electron chi connectivity index (χ3n) is 3.05. The van der Waals surface area contributed by atoms with Crippen molar-refractivity contribution in [2.75, 3.05) is 19.8 Å². The minimum Gasteiger partial charge on any atom is -0.466 e. The van der Waals surface area contributed by atoms with E-state index in [0.717, 1.165) is 11.3 Å². The molecule has 1 rings (SSSR count). The van der Waals surface area contributed by atoms with Gasteiger partial charge in [-0.2, -0.15) is 0 Å². The van der Waals surface area contributed by atoms with E-state index in [1.54, 1.807) is 6.92 Å². The van der Waals surface area contributed by atoms with Gasteiger partial charge in [-0.15, -0.1) is 0 Å². The van der Waals surface area contributed by atoms with Gasteiger partial charge in [0.2, 0.25) is 0 Å². The molecule has 0 bridgehead atoms. The van der Waals surface area contributed by atoms with Crippen molar-refractivity contribution in [1.82, 2.24) is 5.32 Å². The smallest absolute Gasteiger partial charge is 0.255 e. The Morgan fingerprint density at radius 3 is 2.40 bits per heavy atom. The molecule has 2 N–H and O–H groups in total. The lowest BCUT2D eigenvalue weighted by Gasteiger charge is -2.13. The van der Waals surface area contributed by atoms with Gasteiger partial charge in [0.25, 0.3) is 5.91 Å². The number of carbonyl (C=O) groups excluding carboxylic acids is 1. The molecule has 5 nitrogen and oxygen atoms in total. The van der Waals surface area contributed by atoms with Crippen molar-refractivity contribution in [3.63, 3.8) is 0 Å². The van der Waals surface area contributed by atoms with Crippen LogP contribution in [0.5, 0.6) is 0 Å². The Labute approximate surface area is 120 Å². The van der Waals surface area contributed by atoms with E-state index < -0.39 is 6.10 Å². The number of amides is 1. The number of ether oxygens (including phenoxy) is 1. The summed E-state index contributed by atoms with van der Waals surface area (Å²) in [6.45, 7) is 10.5. The van der Waals surface area contributed by atoms with E-state index in [-0.39, 0.29) is 19.1 Å². The Bertz CT molecular complexity index is 451. The molecule has 1 amide bonds. The van der Waals surface area contributed by atoms with Crippen LogP contribution in [0.1, 0.15) is 41.3 Å². The summed E-state index contributed by atoms with van der Waals surface area (Å²) < 4.78 is 10.7. The van der Waals surface area contributed by atoms with Gasteiger partial charge in [-0.3, -0.25) is 4.79 Å². The highest BCUT2D eigenvalue weighted by Gasteiger charge is 2.19. The second kappa shape index (κ2) is 7.45. The zero-order valence-corrected chi connectivity index (χ0v) is 12.9. The topological polar surface area (TPSA) is 71.7 Å². The molecule has 1 heterocycles. The molecule has 0 aromatic carbocycles. The Balaban J connectivity index is 2.43. The summed E-state index contributed by atoms with van der Waals surface area (Å²) in [7, 11) is 0. The van der Waals surface area contributed by atoms with E-state index in [0.29, 0.717) is 23.8 Å².